The Labute approximate surface area is 127 Å². The smallest absolute Gasteiger partial charge is 0.203 e. The zero-order valence-electron chi connectivity index (χ0n) is 12.4. The van der Waals surface area contributed by atoms with Crippen LogP contribution in [0.2, 0.25) is 0 Å². The van der Waals surface area contributed by atoms with Gasteiger partial charge in [-0.1, -0.05) is 5.16 Å². The molecule has 0 unspecified atom stereocenters. The molecule has 22 heavy (non-hydrogen) atoms. The van der Waals surface area contributed by atoms with Gasteiger partial charge in [0.25, 0.3) is 0 Å². The molecule has 114 valence electrons. The van der Waals surface area contributed by atoms with Crippen molar-refractivity contribution in [3.8, 4) is 0 Å². The predicted molar refractivity (Wildman–Crippen MR) is 79.5 cm³/mol. The fourth-order valence-electron chi connectivity index (χ4n) is 2.81. The Bertz CT molecular complexity index is 772. The number of rotatable bonds is 3. The zero-order valence-corrected chi connectivity index (χ0v) is 12.4. The molecule has 0 saturated carbocycles. The van der Waals surface area contributed by atoms with Crippen LogP contribution in [0.15, 0.2) is 29.3 Å². The van der Waals surface area contributed by atoms with E-state index in [1.54, 1.807) is 12.5 Å². The summed E-state index contributed by atoms with van der Waals surface area (Å²) < 4.78 is 7.02. The highest BCUT2D eigenvalue weighted by Crippen LogP contribution is 2.18. The average molecular weight is 299 g/mol. The van der Waals surface area contributed by atoms with Crippen LogP contribution in [0.1, 0.15) is 11.5 Å². The molecule has 3 aromatic rings. The van der Waals surface area contributed by atoms with Crippen LogP contribution in [0.25, 0.3) is 5.65 Å². The molecular formula is C14H17N7O. The van der Waals surface area contributed by atoms with Crippen LogP contribution in [0, 0.1) is 6.92 Å². The molecule has 8 heteroatoms. The summed E-state index contributed by atoms with van der Waals surface area (Å²) in [6, 6.07) is 1.99. The molecular weight excluding hydrogens is 282 g/mol. The highest BCUT2D eigenvalue weighted by molar-refractivity contribution is 5.63. The molecule has 0 amide bonds. The minimum atomic E-state index is 0.808. The van der Waals surface area contributed by atoms with Crippen LogP contribution in [0.5, 0.6) is 0 Å². The monoisotopic (exact) mass is 299 g/mol. The minimum Gasteiger partial charge on any atom is -0.361 e. The third-order valence-corrected chi connectivity index (χ3v) is 3.93. The third kappa shape index (κ3) is 2.41. The lowest BCUT2D eigenvalue weighted by molar-refractivity contribution is 0.241. The lowest BCUT2D eigenvalue weighted by atomic mass is 10.3. The highest BCUT2D eigenvalue weighted by Gasteiger charge is 2.21. The Morgan fingerprint density at radius 3 is 2.86 bits per heavy atom. The van der Waals surface area contributed by atoms with Crippen molar-refractivity contribution >= 4 is 11.5 Å². The fourth-order valence-corrected chi connectivity index (χ4v) is 2.81. The number of aryl methyl sites for hydroxylation is 1. The second kappa shape index (κ2) is 5.38. The van der Waals surface area contributed by atoms with Gasteiger partial charge in [-0.05, 0) is 6.92 Å². The van der Waals surface area contributed by atoms with Gasteiger partial charge in [-0.3, -0.25) is 9.30 Å². The number of aromatic nitrogens is 5. The third-order valence-electron chi connectivity index (χ3n) is 3.93. The molecule has 0 spiro atoms. The molecule has 4 heterocycles. The first kappa shape index (κ1) is 13.2. The minimum absolute atomic E-state index is 0.808. The average Bonchev–Trinajstić information content (AvgIpc) is 3.16. The molecule has 0 aliphatic carbocycles. The lowest BCUT2D eigenvalue weighted by Crippen LogP contribution is -2.46. The van der Waals surface area contributed by atoms with Crippen LogP contribution < -0.4 is 4.90 Å². The van der Waals surface area contributed by atoms with Gasteiger partial charge in [0.1, 0.15) is 12.1 Å². The van der Waals surface area contributed by atoms with Gasteiger partial charge in [0, 0.05) is 51.2 Å². The van der Waals surface area contributed by atoms with Crippen molar-refractivity contribution < 1.29 is 4.52 Å². The van der Waals surface area contributed by atoms with Gasteiger partial charge in [0.05, 0.1) is 5.69 Å². The van der Waals surface area contributed by atoms with Gasteiger partial charge >= 0.3 is 0 Å². The molecule has 1 saturated heterocycles. The van der Waals surface area contributed by atoms with E-state index in [9.17, 15) is 0 Å². The van der Waals surface area contributed by atoms with Crippen molar-refractivity contribution in [1.82, 2.24) is 29.6 Å². The second-order valence-corrected chi connectivity index (χ2v) is 5.50. The van der Waals surface area contributed by atoms with E-state index in [-0.39, 0.29) is 0 Å². The SMILES string of the molecule is Cc1cc(CN2CCN(c3nccn4cnnc34)CC2)no1. The number of nitrogens with zero attached hydrogens (tertiary/aromatic N) is 7. The molecule has 1 aliphatic heterocycles. The van der Waals surface area contributed by atoms with Gasteiger partial charge in [0.15, 0.2) is 5.82 Å². The van der Waals surface area contributed by atoms with E-state index >= 15 is 0 Å². The van der Waals surface area contributed by atoms with Crippen molar-refractivity contribution in [3.63, 3.8) is 0 Å². The topological polar surface area (TPSA) is 75.6 Å². The summed E-state index contributed by atoms with van der Waals surface area (Å²) in [5.74, 6) is 1.76. The van der Waals surface area contributed by atoms with Gasteiger partial charge in [-0.25, -0.2) is 4.98 Å². The second-order valence-electron chi connectivity index (χ2n) is 5.50. The van der Waals surface area contributed by atoms with E-state index < -0.39 is 0 Å². The van der Waals surface area contributed by atoms with Crippen molar-refractivity contribution in [1.29, 1.82) is 0 Å². The summed E-state index contributed by atoms with van der Waals surface area (Å²) in [6.45, 7) is 6.49. The quantitative estimate of drug-likeness (QED) is 0.706. The van der Waals surface area contributed by atoms with Crippen molar-refractivity contribution in [2.75, 3.05) is 31.1 Å². The molecule has 1 aliphatic rings. The number of anilines is 1. The van der Waals surface area contributed by atoms with E-state index in [0.29, 0.717) is 0 Å². The predicted octanol–water partition coefficient (Wildman–Crippen LogP) is 0.743. The molecule has 0 atom stereocenters. The summed E-state index contributed by atoms with van der Waals surface area (Å²) in [5, 5.41) is 12.2. The fraction of sp³-hybridized carbons (Fsp3) is 0.429. The molecule has 0 bridgehead atoms. The molecule has 0 radical (unpaired) electrons. The molecule has 8 nitrogen and oxygen atoms in total. The first-order valence-corrected chi connectivity index (χ1v) is 7.33. The number of piperazine rings is 1. The Hall–Kier alpha value is -2.48. The first-order valence-electron chi connectivity index (χ1n) is 7.33. The summed E-state index contributed by atoms with van der Waals surface area (Å²) in [4.78, 5) is 9.10. The van der Waals surface area contributed by atoms with E-state index in [1.165, 1.54) is 0 Å². The van der Waals surface area contributed by atoms with Crippen molar-refractivity contribution in [2.24, 2.45) is 0 Å². The highest BCUT2D eigenvalue weighted by atomic mass is 16.5. The summed E-state index contributed by atoms with van der Waals surface area (Å²) >= 11 is 0. The molecule has 4 rings (SSSR count). The Kier molecular flexibility index (Phi) is 3.23. The van der Waals surface area contributed by atoms with Gasteiger partial charge < -0.3 is 9.42 Å². The Balaban J connectivity index is 1.44. The van der Waals surface area contributed by atoms with Crippen LogP contribution in [0.4, 0.5) is 5.82 Å². The first-order chi connectivity index (χ1) is 10.8. The van der Waals surface area contributed by atoms with Gasteiger partial charge in [-0.2, -0.15) is 0 Å². The van der Waals surface area contributed by atoms with E-state index in [1.807, 2.05) is 23.6 Å². The lowest BCUT2D eigenvalue weighted by Gasteiger charge is -2.34. The standard InChI is InChI=1S/C14H17N7O/c1-11-8-12(18-22-11)9-19-4-6-20(7-5-19)13-14-17-16-10-21(14)3-2-15-13/h2-3,8,10H,4-7,9H2,1H3. The summed E-state index contributed by atoms with van der Waals surface area (Å²) in [6.07, 6.45) is 5.35. The summed E-state index contributed by atoms with van der Waals surface area (Å²) in [7, 11) is 0. The molecule has 1 fully saturated rings. The Morgan fingerprint density at radius 1 is 1.23 bits per heavy atom. The van der Waals surface area contributed by atoms with Crippen molar-refractivity contribution in [3.05, 3.63) is 36.2 Å². The van der Waals surface area contributed by atoms with Crippen LogP contribution in [0.3, 0.4) is 0 Å². The maximum atomic E-state index is 5.12. The number of fused-ring (bicyclic) bond motifs is 1. The number of hydrogen-bond acceptors (Lipinski definition) is 7. The molecule has 0 aromatic carbocycles. The number of hydrogen-bond donors (Lipinski definition) is 0. The molecule has 3 aromatic heterocycles. The van der Waals surface area contributed by atoms with Crippen molar-refractivity contribution in [2.45, 2.75) is 13.5 Å². The van der Waals surface area contributed by atoms with E-state index in [4.69, 9.17) is 4.52 Å². The zero-order chi connectivity index (χ0) is 14.9. The normalized spacial score (nSPS) is 16.5. The Morgan fingerprint density at radius 2 is 2.09 bits per heavy atom. The summed E-state index contributed by atoms with van der Waals surface area (Å²) in [5.41, 5.74) is 1.80. The van der Waals surface area contributed by atoms with Crippen LogP contribution in [-0.2, 0) is 6.54 Å². The largest absolute Gasteiger partial charge is 0.361 e. The van der Waals surface area contributed by atoms with Crippen LogP contribution in [-0.4, -0.2) is 55.8 Å². The molecule has 0 N–H and O–H groups in total. The van der Waals surface area contributed by atoms with Gasteiger partial charge in [0.2, 0.25) is 5.65 Å². The van der Waals surface area contributed by atoms with Gasteiger partial charge in [-0.15, -0.1) is 10.2 Å². The maximum absolute atomic E-state index is 5.12. The van der Waals surface area contributed by atoms with E-state index in [0.717, 1.165) is 55.6 Å². The van der Waals surface area contributed by atoms with Crippen LogP contribution >= 0.6 is 0 Å². The maximum Gasteiger partial charge on any atom is 0.203 e. The van der Waals surface area contributed by atoms with E-state index in [2.05, 4.69) is 30.1 Å².